The van der Waals surface area contributed by atoms with E-state index in [0.717, 1.165) is 4.90 Å². The molecule has 0 bridgehead atoms. The molecule has 1 aliphatic heterocycles. The summed E-state index contributed by atoms with van der Waals surface area (Å²) < 4.78 is 5.22. The van der Waals surface area contributed by atoms with Crippen molar-refractivity contribution in [2.75, 3.05) is 25.6 Å². The van der Waals surface area contributed by atoms with Crippen molar-refractivity contribution in [1.29, 1.82) is 0 Å². The molecule has 0 unspecified atom stereocenters. The molecule has 0 aromatic carbocycles. The first kappa shape index (κ1) is 18.1. The van der Waals surface area contributed by atoms with Gasteiger partial charge in [-0.1, -0.05) is 6.92 Å². The zero-order valence-corrected chi connectivity index (χ0v) is 12.4. The van der Waals surface area contributed by atoms with Crippen molar-refractivity contribution in [3.8, 4) is 0 Å². The first-order valence-corrected chi connectivity index (χ1v) is 7.14. The highest BCUT2D eigenvalue weighted by Gasteiger charge is 2.43. The van der Waals surface area contributed by atoms with Crippen LogP contribution in [0.3, 0.4) is 0 Å². The maximum atomic E-state index is 12.3. The van der Waals surface area contributed by atoms with E-state index in [0.29, 0.717) is 11.4 Å². The third-order valence-electron chi connectivity index (χ3n) is 3.11. The van der Waals surface area contributed by atoms with Crippen LogP contribution in [0.5, 0.6) is 0 Å². The lowest BCUT2D eigenvalue weighted by Gasteiger charge is -2.41. The van der Waals surface area contributed by atoms with E-state index >= 15 is 0 Å². The van der Waals surface area contributed by atoms with Crippen LogP contribution in [-0.2, 0) is 4.74 Å². The molecule has 0 aromatic heterocycles. The van der Waals surface area contributed by atoms with Crippen LogP contribution < -0.4 is 0 Å². The van der Waals surface area contributed by atoms with Crippen LogP contribution in [-0.4, -0.2) is 81.4 Å². The largest absolute Gasteiger partial charge is 0.388 e. The summed E-state index contributed by atoms with van der Waals surface area (Å²) in [6, 6.07) is -0.778. The molecule has 0 saturated carbocycles. The third kappa shape index (κ3) is 4.24. The van der Waals surface area contributed by atoms with Crippen LogP contribution in [0.4, 0.5) is 4.79 Å². The average Bonchev–Trinajstić information content (AvgIpc) is 2.48. The quantitative estimate of drug-likeness (QED) is 0.343. The molecule has 3 N–H and O–H groups in total. The van der Waals surface area contributed by atoms with Gasteiger partial charge in [0.15, 0.2) is 6.23 Å². The normalized spacial score (nSPS) is 29.0. The highest BCUT2D eigenvalue weighted by Crippen LogP contribution is 2.20. The first-order chi connectivity index (χ1) is 9.97. The summed E-state index contributed by atoms with van der Waals surface area (Å²) in [5.74, 6) is 0.0207. The number of urea groups is 1. The lowest BCUT2D eigenvalue weighted by molar-refractivity contribution is -0.220. The first-order valence-electron chi connectivity index (χ1n) is 6.61. The van der Waals surface area contributed by atoms with E-state index in [1.165, 1.54) is 0 Å². The number of alkyl halides is 1. The summed E-state index contributed by atoms with van der Waals surface area (Å²) in [5.41, 5.74) is 0. The monoisotopic (exact) mass is 325 g/mol. The van der Waals surface area contributed by atoms with Crippen LogP contribution in [0.15, 0.2) is 5.29 Å². The summed E-state index contributed by atoms with van der Waals surface area (Å²) in [4.78, 5) is 24.0. The molecule has 10 heteroatoms. The highest BCUT2D eigenvalue weighted by molar-refractivity contribution is 6.18. The number of halogens is 1. The van der Waals surface area contributed by atoms with Crippen LogP contribution in [0.2, 0.25) is 0 Å². The van der Waals surface area contributed by atoms with Gasteiger partial charge in [0.1, 0.15) is 18.3 Å². The van der Waals surface area contributed by atoms with Gasteiger partial charge in [0.05, 0.1) is 18.4 Å². The number of amides is 2. The lowest BCUT2D eigenvalue weighted by atomic mass is 10.0. The molecule has 0 aromatic rings. The summed E-state index contributed by atoms with van der Waals surface area (Å²) in [6.45, 7) is 1.65. The van der Waals surface area contributed by atoms with E-state index in [9.17, 15) is 25.0 Å². The Labute approximate surface area is 127 Å². The van der Waals surface area contributed by atoms with Crippen LogP contribution >= 0.6 is 11.6 Å². The summed E-state index contributed by atoms with van der Waals surface area (Å²) in [7, 11) is 0. The second-order valence-corrected chi connectivity index (χ2v) is 5.02. The van der Waals surface area contributed by atoms with Gasteiger partial charge in [-0.3, -0.25) is 4.90 Å². The predicted molar refractivity (Wildman–Crippen MR) is 73.4 cm³/mol. The fourth-order valence-corrected chi connectivity index (χ4v) is 2.20. The van der Waals surface area contributed by atoms with Gasteiger partial charge in [-0.2, -0.15) is 5.01 Å². The van der Waals surface area contributed by atoms with E-state index in [4.69, 9.17) is 16.3 Å². The minimum Gasteiger partial charge on any atom is -0.388 e. The Morgan fingerprint density at radius 1 is 1.33 bits per heavy atom. The van der Waals surface area contributed by atoms with E-state index in [1.54, 1.807) is 6.92 Å². The Morgan fingerprint density at radius 3 is 2.52 bits per heavy atom. The zero-order chi connectivity index (χ0) is 16.0. The van der Waals surface area contributed by atoms with E-state index in [2.05, 4.69) is 5.29 Å². The molecule has 4 atom stereocenters. The molecule has 0 spiro atoms. The molecule has 1 saturated heterocycles. The molecule has 21 heavy (non-hydrogen) atoms. The van der Waals surface area contributed by atoms with Crippen molar-refractivity contribution in [1.82, 2.24) is 9.91 Å². The second-order valence-electron chi connectivity index (χ2n) is 4.64. The SMILES string of the molecule is CCCN(C(=O)N(CCCl)N=O)[C@@H]1OC[C@@H](O)[C@H](O)[C@H]1O. The fourth-order valence-electron chi connectivity index (χ4n) is 2.04. The van der Waals surface area contributed by atoms with Crippen molar-refractivity contribution < 1.29 is 24.9 Å². The number of carbonyl (C=O) groups is 1. The number of nitroso groups, excluding NO2 is 1. The molecule has 9 nitrogen and oxygen atoms in total. The van der Waals surface area contributed by atoms with Gasteiger partial charge in [0, 0.05) is 12.4 Å². The van der Waals surface area contributed by atoms with Gasteiger partial charge in [-0.15, -0.1) is 16.5 Å². The topological polar surface area (TPSA) is 123 Å². The number of aliphatic hydroxyl groups is 3. The van der Waals surface area contributed by atoms with Gasteiger partial charge in [-0.25, -0.2) is 4.79 Å². The van der Waals surface area contributed by atoms with Gasteiger partial charge in [0.25, 0.3) is 0 Å². The van der Waals surface area contributed by atoms with E-state index in [-0.39, 0.29) is 25.6 Å². The maximum absolute atomic E-state index is 12.3. The molecule has 2 amide bonds. The average molecular weight is 326 g/mol. The number of ether oxygens (including phenoxy) is 1. The number of aliphatic hydroxyl groups excluding tert-OH is 3. The summed E-state index contributed by atoms with van der Waals surface area (Å²) in [5, 5.41) is 32.3. The molecule has 1 fully saturated rings. The summed E-state index contributed by atoms with van der Waals surface area (Å²) in [6.07, 6.45) is -4.81. The van der Waals surface area contributed by atoms with Crippen molar-refractivity contribution >= 4 is 17.6 Å². The Hall–Kier alpha value is -1.00. The molecule has 122 valence electrons. The van der Waals surface area contributed by atoms with Crippen molar-refractivity contribution in [2.24, 2.45) is 5.29 Å². The van der Waals surface area contributed by atoms with Crippen molar-refractivity contribution in [3.63, 3.8) is 0 Å². The number of rotatable bonds is 6. The number of nitrogens with zero attached hydrogens (tertiary/aromatic N) is 3. The Kier molecular flexibility index (Phi) is 7.26. The Bertz CT molecular complexity index is 361. The molecule has 0 radical (unpaired) electrons. The van der Waals surface area contributed by atoms with Crippen molar-refractivity contribution in [2.45, 2.75) is 37.9 Å². The minimum atomic E-state index is -1.49. The third-order valence-corrected chi connectivity index (χ3v) is 3.28. The highest BCUT2D eigenvalue weighted by atomic mass is 35.5. The van der Waals surface area contributed by atoms with Gasteiger partial charge in [0.2, 0.25) is 0 Å². The van der Waals surface area contributed by atoms with Gasteiger partial charge < -0.3 is 20.1 Å². The summed E-state index contributed by atoms with van der Waals surface area (Å²) >= 11 is 5.49. The molecule has 1 heterocycles. The number of hydrogen-bond acceptors (Lipinski definition) is 7. The molecular formula is C11H20ClN3O6. The van der Waals surface area contributed by atoms with Gasteiger partial charge in [-0.05, 0) is 6.42 Å². The van der Waals surface area contributed by atoms with Gasteiger partial charge >= 0.3 is 6.03 Å². The van der Waals surface area contributed by atoms with E-state index in [1.807, 2.05) is 0 Å². The van der Waals surface area contributed by atoms with Crippen molar-refractivity contribution in [3.05, 3.63) is 4.91 Å². The molecular weight excluding hydrogens is 306 g/mol. The molecule has 0 aliphatic carbocycles. The second kappa shape index (κ2) is 8.44. The smallest absolute Gasteiger partial charge is 0.345 e. The minimum absolute atomic E-state index is 0.0207. The lowest BCUT2D eigenvalue weighted by Crippen LogP contribution is -2.61. The van der Waals surface area contributed by atoms with Crippen LogP contribution in [0, 0.1) is 4.91 Å². The number of hydrogen-bond donors (Lipinski definition) is 3. The molecule has 1 aliphatic rings. The Morgan fingerprint density at radius 2 is 2.00 bits per heavy atom. The molecule has 1 rings (SSSR count). The van der Waals surface area contributed by atoms with Crippen LogP contribution in [0.25, 0.3) is 0 Å². The fraction of sp³-hybridized carbons (Fsp3) is 0.909. The standard InChI is InChI=1S/C11H20ClN3O6/c1-2-4-14(11(19)15(13-20)5-3-12)10-9(18)8(17)7(16)6-21-10/h7-10,16-18H,2-6H2,1H3/t7-,8+,9-,10-/m1/s1. The van der Waals surface area contributed by atoms with Crippen LogP contribution in [0.1, 0.15) is 13.3 Å². The Balaban J connectivity index is 2.89. The number of carbonyl (C=O) groups excluding carboxylic acids is 1. The van der Waals surface area contributed by atoms with E-state index < -0.39 is 30.6 Å². The maximum Gasteiger partial charge on any atom is 0.345 e. The predicted octanol–water partition coefficient (Wildman–Crippen LogP) is -0.520. The zero-order valence-electron chi connectivity index (χ0n) is 11.6.